The molecule has 0 amide bonds. The maximum Gasteiger partial charge on any atom is 0.0604 e. The van der Waals surface area contributed by atoms with Crippen molar-refractivity contribution in [3.63, 3.8) is 0 Å². The Morgan fingerprint density at radius 3 is 2.64 bits per heavy atom. The van der Waals surface area contributed by atoms with Gasteiger partial charge in [-0.15, -0.1) is 23.1 Å². The summed E-state index contributed by atoms with van der Waals surface area (Å²) < 4.78 is 0.750. The van der Waals surface area contributed by atoms with Crippen molar-refractivity contribution in [2.24, 2.45) is 0 Å². The molecule has 0 aliphatic rings. The molecule has 1 aromatic heterocycles. The first-order chi connectivity index (χ1) is 6.59. The summed E-state index contributed by atoms with van der Waals surface area (Å²) in [5, 5.41) is 21.5. The van der Waals surface area contributed by atoms with E-state index in [0.717, 1.165) is 16.0 Å². The van der Waals surface area contributed by atoms with Crippen LogP contribution < -0.4 is 10.2 Å². The molecule has 1 rings (SSSR count). The summed E-state index contributed by atoms with van der Waals surface area (Å²) in [6, 6.07) is 3.49. The molecule has 0 saturated carbocycles. The monoisotopic (exact) mass is 230 g/mol. The van der Waals surface area contributed by atoms with Crippen LogP contribution in [0.1, 0.15) is 6.42 Å². The molecule has 0 N–H and O–H groups in total. The fourth-order valence-corrected chi connectivity index (χ4v) is 2.73. The molecule has 6 heteroatoms. The lowest BCUT2D eigenvalue weighted by molar-refractivity contribution is -0.314. The third-order valence-corrected chi connectivity index (χ3v) is 3.62. The topological polar surface area (TPSA) is 80.3 Å². The highest BCUT2D eigenvalue weighted by Gasteiger charge is 2.12. The number of hydrogen-bond donors (Lipinski definition) is 0. The van der Waals surface area contributed by atoms with Gasteiger partial charge in [-0.25, -0.2) is 0 Å². The van der Waals surface area contributed by atoms with Crippen molar-refractivity contribution in [2.75, 3.05) is 0 Å². The molecule has 1 aromatic rings. The minimum absolute atomic E-state index is 0.537. The summed E-state index contributed by atoms with van der Waals surface area (Å²) in [5.74, 6) is -2.77. The molecule has 0 bridgehead atoms. The number of thiophene rings is 1. The van der Waals surface area contributed by atoms with Crippen LogP contribution >= 0.6 is 23.1 Å². The van der Waals surface area contributed by atoms with Crippen molar-refractivity contribution in [3.8, 4) is 0 Å². The van der Waals surface area contributed by atoms with E-state index in [4.69, 9.17) is 0 Å². The molecule has 14 heavy (non-hydrogen) atoms. The van der Waals surface area contributed by atoms with Gasteiger partial charge in [0.05, 0.1) is 15.4 Å². The summed E-state index contributed by atoms with van der Waals surface area (Å²) in [7, 11) is 0. The van der Waals surface area contributed by atoms with Crippen LogP contribution in [0.5, 0.6) is 0 Å². The first kappa shape index (κ1) is 11.1. The first-order valence-corrected chi connectivity index (χ1v) is 5.46. The summed E-state index contributed by atoms with van der Waals surface area (Å²) in [6.07, 6.45) is -0.537. The van der Waals surface area contributed by atoms with Crippen molar-refractivity contribution in [2.45, 2.75) is 15.9 Å². The SMILES string of the molecule is O=C([O-])C[C@H](Sc1cccs1)C(=O)[O-]. The van der Waals surface area contributed by atoms with Crippen LogP contribution in [0.25, 0.3) is 0 Å². The molecule has 0 fully saturated rings. The predicted molar refractivity (Wildman–Crippen MR) is 48.6 cm³/mol. The summed E-state index contributed by atoms with van der Waals surface area (Å²) >= 11 is 2.32. The number of thioether (sulfide) groups is 1. The number of carbonyl (C=O) groups excluding carboxylic acids is 2. The fraction of sp³-hybridized carbons (Fsp3) is 0.250. The molecule has 0 aliphatic heterocycles. The molecule has 0 spiro atoms. The van der Waals surface area contributed by atoms with E-state index in [-0.39, 0.29) is 0 Å². The summed E-state index contributed by atoms with van der Waals surface area (Å²) in [4.78, 5) is 20.8. The molecule has 1 atom stereocenters. The Labute approximate surface area is 88.6 Å². The van der Waals surface area contributed by atoms with Gasteiger partial charge in [-0.3, -0.25) is 0 Å². The van der Waals surface area contributed by atoms with Crippen LogP contribution in [-0.2, 0) is 9.59 Å². The van der Waals surface area contributed by atoms with Gasteiger partial charge in [0.1, 0.15) is 0 Å². The Hall–Kier alpha value is -1.01. The molecule has 0 saturated heterocycles. The second-order valence-corrected chi connectivity index (χ2v) is 4.88. The molecule has 76 valence electrons. The predicted octanol–water partition coefficient (Wildman–Crippen LogP) is -0.901. The van der Waals surface area contributed by atoms with E-state index in [2.05, 4.69) is 0 Å². The van der Waals surface area contributed by atoms with Crippen LogP contribution in [0, 0.1) is 0 Å². The van der Waals surface area contributed by atoms with Crippen molar-refractivity contribution in [1.29, 1.82) is 0 Å². The fourth-order valence-electron chi connectivity index (χ4n) is 0.795. The highest BCUT2D eigenvalue weighted by molar-refractivity contribution is 8.02. The van der Waals surface area contributed by atoms with E-state index in [1.807, 2.05) is 0 Å². The zero-order valence-electron chi connectivity index (χ0n) is 6.97. The van der Waals surface area contributed by atoms with Gasteiger partial charge in [-0.2, -0.15) is 0 Å². The number of carbonyl (C=O) groups is 2. The van der Waals surface area contributed by atoms with Crippen LogP contribution in [-0.4, -0.2) is 17.2 Å². The normalized spacial score (nSPS) is 12.3. The molecule has 0 unspecified atom stereocenters. The van der Waals surface area contributed by atoms with E-state index in [0.29, 0.717) is 0 Å². The van der Waals surface area contributed by atoms with Crippen molar-refractivity contribution < 1.29 is 19.8 Å². The Kier molecular flexibility index (Phi) is 3.97. The van der Waals surface area contributed by atoms with Gasteiger partial charge < -0.3 is 19.8 Å². The number of carboxylic acids is 2. The van der Waals surface area contributed by atoms with E-state index >= 15 is 0 Å². The molecule has 1 heterocycles. The third-order valence-electron chi connectivity index (χ3n) is 1.37. The van der Waals surface area contributed by atoms with E-state index < -0.39 is 23.6 Å². The third kappa shape index (κ3) is 3.39. The molecular formula is C8H6O4S2-2. The van der Waals surface area contributed by atoms with E-state index in [9.17, 15) is 19.8 Å². The van der Waals surface area contributed by atoms with E-state index in [1.54, 1.807) is 17.5 Å². The van der Waals surface area contributed by atoms with Crippen molar-refractivity contribution >= 4 is 35.0 Å². The Bertz CT molecular complexity index is 320. The summed E-state index contributed by atoms with van der Waals surface area (Å²) in [6.45, 7) is 0. The van der Waals surface area contributed by atoms with Crippen LogP contribution in [0.15, 0.2) is 21.7 Å². The molecule has 0 aromatic carbocycles. The lowest BCUT2D eigenvalue weighted by Crippen LogP contribution is -2.38. The second kappa shape index (κ2) is 5.02. The molecule has 0 radical (unpaired) electrons. The van der Waals surface area contributed by atoms with Gasteiger partial charge in [0.15, 0.2) is 0 Å². The average Bonchev–Trinajstić information content (AvgIpc) is 2.54. The van der Waals surface area contributed by atoms with Gasteiger partial charge >= 0.3 is 0 Å². The van der Waals surface area contributed by atoms with E-state index in [1.165, 1.54) is 11.3 Å². The van der Waals surface area contributed by atoms with Gasteiger partial charge in [-0.05, 0) is 11.4 Å². The Balaban J connectivity index is 2.60. The quantitative estimate of drug-likeness (QED) is 0.612. The van der Waals surface area contributed by atoms with Gasteiger partial charge in [0, 0.05) is 12.4 Å². The van der Waals surface area contributed by atoms with Gasteiger partial charge in [-0.1, -0.05) is 6.07 Å². The van der Waals surface area contributed by atoms with Gasteiger partial charge in [0.25, 0.3) is 0 Å². The second-order valence-electron chi connectivity index (χ2n) is 2.43. The maximum absolute atomic E-state index is 10.5. The van der Waals surface area contributed by atoms with Crippen molar-refractivity contribution in [1.82, 2.24) is 0 Å². The Morgan fingerprint density at radius 2 is 2.21 bits per heavy atom. The average molecular weight is 230 g/mol. The van der Waals surface area contributed by atoms with Crippen LogP contribution in [0.4, 0.5) is 0 Å². The maximum atomic E-state index is 10.5. The zero-order valence-corrected chi connectivity index (χ0v) is 8.60. The highest BCUT2D eigenvalue weighted by Crippen LogP contribution is 2.28. The molecular weight excluding hydrogens is 224 g/mol. The lowest BCUT2D eigenvalue weighted by Gasteiger charge is -2.16. The minimum Gasteiger partial charge on any atom is -0.550 e. The number of aliphatic carboxylic acids is 2. The largest absolute Gasteiger partial charge is 0.550 e. The summed E-state index contributed by atoms with van der Waals surface area (Å²) in [5.41, 5.74) is 0. The highest BCUT2D eigenvalue weighted by atomic mass is 32.2. The van der Waals surface area contributed by atoms with Crippen LogP contribution in [0.2, 0.25) is 0 Å². The number of rotatable bonds is 5. The minimum atomic E-state index is -1.39. The number of hydrogen-bond acceptors (Lipinski definition) is 6. The molecule has 0 aliphatic carbocycles. The smallest absolute Gasteiger partial charge is 0.0604 e. The standard InChI is InChI=1S/C8H8O4S2/c9-6(10)4-5(8(11)12)14-7-2-1-3-13-7/h1-3,5H,4H2,(H,9,10)(H,11,12)/p-2/t5-/m0/s1. The molecule has 4 nitrogen and oxygen atoms in total. The van der Waals surface area contributed by atoms with Crippen molar-refractivity contribution in [3.05, 3.63) is 17.5 Å². The van der Waals surface area contributed by atoms with Crippen LogP contribution in [0.3, 0.4) is 0 Å². The first-order valence-electron chi connectivity index (χ1n) is 3.70. The number of carboxylic acid groups (broad SMARTS) is 2. The Morgan fingerprint density at radius 1 is 1.50 bits per heavy atom. The van der Waals surface area contributed by atoms with Gasteiger partial charge in [0.2, 0.25) is 0 Å². The lowest BCUT2D eigenvalue weighted by atomic mass is 10.3. The zero-order chi connectivity index (χ0) is 10.6.